The highest BCUT2D eigenvalue weighted by molar-refractivity contribution is 5.92. The van der Waals surface area contributed by atoms with Gasteiger partial charge in [-0.25, -0.2) is 4.98 Å². The van der Waals surface area contributed by atoms with Crippen molar-refractivity contribution in [2.45, 2.75) is 25.1 Å². The van der Waals surface area contributed by atoms with Crippen LogP contribution in [0.25, 0.3) is 0 Å². The fourth-order valence-corrected chi connectivity index (χ4v) is 2.61. The molecule has 10 heteroatoms. The summed E-state index contributed by atoms with van der Waals surface area (Å²) in [4.78, 5) is 15.9. The van der Waals surface area contributed by atoms with Gasteiger partial charge in [0.15, 0.2) is 17.3 Å². The van der Waals surface area contributed by atoms with Gasteiger partial charge in [0.1, 0.15) is 0 Å². The number of ether oxygens (including phenoxy) is 2. The average molecular weight is 387 g/mol. The van der Waals surface area contributed by atoms with Crippen molar-refractivity contribution in [2.75, 3.05) is 19.5 Å². The van der Waals surface area contributed by atoms with Gasteiger partial charge < -0.3 is 24.5 Å². The second-order valence-corrected chi connectivity index (χ2v) is 5.97. The molecule has 2 aromatic rings. The van der Waals surface area contributed by atoms with E-state index in [1.54, 1.807) is 13.0 Å². The van der Waals surface area contributed by atoms with Crippen LogP contribution in [0.15, 0.2) is 24.5 Å². The maximum Gasteiger partial charge on any atom is 0.425 e. The summed E-state index contributed by atoms with van der Waals surface area (Å²) in [7, 11) is 4.13. The second-order valence-electron chi connectivity index (χ2n) is 5.97. The molecule has 1 atom stereocenters. The molecule has 1 heterocycles. The molecule has 7 nitrogen and oxygen atoms in total. The third kappa shape index (κ3) is 4.00. The number of methoxy groups -OCH3 is 2. The molecule has 0 aliphatic carbocycles. The van der Waals surface area contributed by atoms with Crippen LogP contribution in [-0.2, 0) is 17.4 Å². The van der Waals surface area contributed by atoms with E-state index in [9.17, 15) is 23.1 Å². The summed E-state index contributed by atoms with van der Waals surface area (Å²) in [5.74, 6) is -0.997. The molecule has 1 aromatic carbocycles. The number of aryl methyl sites for hydroxylation is 2. The number of nitrogens with zero attached hydrogens (tertiary/aromatic N) is 2. The first kappa shape index (κ1) is 20.6. The molecule has 0 saturated heterocycles. The average Bonchev–Trinajstić information content (AvgIpc) is 3.01. The Morgan fingerprint density at radius 2 is 1.85 bits per heavy atom. The number of imidazole rings is 1. The molecular formula is C17H20F3N3O4. The molecule has 2 N–H and O–H groups in total. The third-order valence-electron chi connectivity index (χ3n) is 4.08. The highest BCUT2D eigenvalue weighted by atomic mass is 19.4. The van der Waals surface area contributed by atoms with E-state index < -0.39 is 29.9 Å². The van der Waals surface area contributed by atoms with Crippen molar-refractivity contribution in [2.24, 2.45) is 7.05 Å². The van der Waals surface area contributed by atoms with E-state index in [0.29, 0.717) is 17.1 Å². The van der Waals surface area contributed by atoms with Crippen LogP contribution in [0.4, 0.5) is 18.9 Å². The molecular weight excluding hydrogens is 367 g/mol. The van der Waals surface area contributed by atoms with Crippen LogP contribution in [0.3, 0.4) is 0 Å². The highest BCUT2D eigenvalue weighted by Gasteiger charge is 2.58. The molecule has 148 valence electrons. The number of amides is 1. The normalized spacial score (nSPS) is 13.8. The Hall–Kier alpha value is -2.75. The second kappa shape index (κ2) is 7.47. The Bertz CT molecular complexity index is 835. The standard InChI is InChI=1S/C17H20F3N3O4/c1-10-7-12(26-3)13(27-4)8-11(10)22-14(24)9-16(25,17(18,19)20)15-21-5-6-23(15)2/h5-8,25H,9H2,1-4H3,(H,22,24). The first-order valence-corrected chi connectivity index (χ1v) is 7.83. The van der Waals surface area contributed by atoms with Crippen molar-refractivity contribution in [3.8, 4) is 11.5 Å². The molecule has 0 spiro atoms. The SMILES string of the molecule is COc1cc(C)c(NC(=O)CC(O)(c2nccn2C)C(F)(F)F)cc1OC. The molecule has 27 heavy (non-hydrogen) atoms. The number of carbonyl (C=O) groups is 1. The van der Waals surface area contributed by atoms with Crippen molar-refractivity contribution in [3.05, 3.63) is 35.9 Å². The topological polar surface area (TPSA) is 85.6 Å². The van der Waals surface area contributed by atoms with E-state index in [1.807, 2.05) is 0 Å². The van der Waals surface area contributed by atoms with Crippen LogP contribution in [-0.4, -0.2) is 41.0 Å². The zero-order valence-corrected chi connectivity index (χ0v) is 15.2. The number of rotatable bonds is 6. The van der Waals surface area contributed by atoms with E-state index in [0.717, 1.165) is 10.8 Å². The van der Waals surface area contributed by atoms with Gasteiger partial charge in [-0.05, 0) is 18.6 Å². The number of aliphatic hydroxyl groups is 1. The van der Waals surface area contributed by atoms with Gasteiger partial charge in [-0.1, -0.05) is 0 Å². The van der Waals surface area contributed by atoms with Gasteiger partial charge in [0, 0.05) is 31.2 Å². The molecule has 0 aliphatic heterocycles. The Kier molecular flexibility index (Phi) is 5.69. The molecule has 1 aromatic heterocycles. The molecule has 0 aliphatic rings. The first-order chi connectivity index (χ1) is 12.5. The van der Waals surface area contributed by atoms with Crippen LogP contribution < -0.4 is 14.8 Å². The van der Waals surface area contributed by atoms with Gasteiger partial charge >= 0.3 is 6.18 Å². The monoisotopic (exact) mass is 387 g/mol. The maximum atomic E-state index is 13.5. The molecule has 1 amide bonds. The zero-order valence-electron chi connectivity index (χ0n) is 15.2. The third-order valence-corrected chi connectivity index (χ3v) is 4.08. The number of hydrogen-bond acceptors (Lipinski definition) is 5. The van der Waals surface area contributed by atoms with Crippen molar-refractivity contribution in [3.63, 3.8) is 0 Å². The Labute approximate surface area is 153 Å². The lowest BCUT2D eigenvalue weighted by molar-refractivity contribution is -0.270. The summed E-state index contributed by atoms with van der Waals surface area (Å²) >= 11 is 0. The maximum absolute atomic E-state index is 13.5. The van der Waals surface area contributed by atoms with Crippen molar-refractivity contribution in [1.82, 2.24) is 9.55 Å². The highest BCUT2D eigenvalue weighted by Crippen LogP contribution is 2.41. The number of carbonyl (C=O) groups excluding carboxylic acids is 1. The minimum absolute atomic E-state index is 0.238. The van der Waals surface area contributed by atoms with Crippen LogP contribution in [0.5, 0.6) is 11.5 Å². The molecule has 0 fully saturated rings. The van der Waals surface area contributed by atoms with Gasteiger partial charge in [0.2, 0.25) is 11.5 Å². The lowest BCUT2D eigenvalue weighted by Crippen LogP contribution is -2.46. The number of alkyl halides is 3. The summed E-state index contributed by atoms with van der Waals surface area (Å²) in [6.45, 7) is 1.65. The van der Waals surface area contributed by atoms with Crippen molar-refractivity contribution in [1.29, 1.82) is 0 Å². The minimum Gasteiger partial charge on any atom is -0.493 e. The lowest BCUT2D eigenvalue weighted by atomic mass is 9.97. The fourth-order valence-electron chi connectivity index (χ4n) is 2.61. The number of hydrogen-bond donors (Lipinski definition) is 2. The van der Waals surface area contributed by atoms with E-state index >= 15 is 0 Å². The predicted octanol–water partition coefficient (Wildman–Crippen LogP) is 2.52. The number of benzene rings is 1. The van der Waals surface area contributed by atoms with Gasteiger partial charge in [-0.3, -0.25) is 4.79 Å². The molecule has 1 unspecified atom stereocenters. The van der Waals surface area contributed by atoms with E-state index in [4.69, 9.17) is 9.47 Å². The van der Waals surface area contributed by atoms with E-state index in [-0.39, 0.29) is 5.69 Å². The van der Waals surface area contributed by atoms with Crippen LogP contribution >= 0.6 is 0 Å². The summed E-state index contributed by atoms with van der Waals surface area (Å²) in [6, 6.07) is 3.00. The Morgan fingerprint density at radius 3 is 2.33 bits per heavy atom. The molecule has 0 bridgehead atoms. The van der Waals surface area contributed by atoms with Crippen molar-refractivity contribution < 1.29 is 32.5 Å². The number of nitrogens with one attached hydrogen (secondary N) is 1. The van der Waals surface area contributed by atoms with Gasteiger partial charge in [0.05, 0.1) is 20.6 Å². The first-order valence-electron chi connectivity index (χ1n) is 7.83. The number of anilines is 1. The Balaban J connectivity index is 2.31. The number of aromatic nitrogens is 2. The van der Waals surface area contributed by atoms with Gasteiger partial charge in [0.25, 0.3) is 0 Å². The van der Waals surface area contributed by atoms with Crippen LogP contribution in [0, 0.1) is 6.92 Å². The predicted molar refractivity (Wildman–Crippen MR) is 90.7 cm³/mol. The minimum atomic E-state index is -5.10. The summed E-state index contributed by atoms with van der Waals surface area (Å²) in [5.41, 5.74) is -2.64. The summed E-state index contributed by atoms with van der Waals surface area (Å²) in [5, 5.41) is 12.6. The molecule has 0 radical (unpaired) electrons. The number of halogens is 3. The van der Waals surface area contributed by atoms with E-state index in [1.165, 1.54) is 33.5 Å². The largest absolute Gasteiger partial charge is 0.493 e. The summed E-state index contributed by atoms with van der Waals surface area (Å²) < 4.78 is 51.8. The lowest BCUT2D eigenvalue weighted by Gasteiger charge is -2.29. The van der Waals surface area contributed by atoms with Crippen LogP contribution in [0.2, 0.25) is 0 Å². The van der Waals surface area contributed by atoms with Gasteiger partial charge in [-0.15, -0.1) is 0 Å². The van der Waals surface area contributed by atoms with Crippen LogP contribution in [0.1, 0.15) is 17.8 Å². The fraction of sp³-hybridized carbons (Fsp3) is 0.412. The van der Waals surface area contributed by atoms with Gasteiger partial charge in [-0.2, -0.15) is 13.2 Å². The smallest absolute Gasteiger partial charge is 0.425 e. The van der Waals surface area contributed by atoms with Crippen molar-refractivity contribution >= 4 is 11.6 Å². The van der Waals surface area contributed by atoms with E-state index in [2.05, 4.69) is 10.3 Å². The summed E-state index contributed by atoms with van der Waals surface area (Å²) in [6.07, 6.45) is -3.99. The Morgan fingerprint density at radius 1 is 1.26 bits per heavy atom. The quantitative estimate of drug-likeness (QED) is 0.796. The molecule has 2 rings (SSSR count). The molecule has 0 saturated carbocycles. The zero-order chi connectivity index (χ0) is 20.4.